The molecule has 2 N–H and O–H groups in total. The highest BCUT2D eigenvalue weighted by Gasteiger charge is 2.13. The minimum atomic E-state index is -1.07. The number of hydrogen-bond acceptors (Lipinski definition) is 3. The van der Waals surface area contributed by atoms with Crippen molar-refractivity contribution in [1.82, 2.24) is 5.32 Å². The van der Waals surface area contributed by atoms with Crippen LogP contribution in [0.5, 0.6) is 5.75 Å². The highest BCUT2D eigenvalue weighted by atomic mass is 35.5. The summed E-state index contributed by atoms with van der Waals surface area (Å²) in [5, 5.41) is 11.9. The Kier molecular flexibility index (Phi) is 6.61. The fourth-order valence-electron chi connectivity index (χ4n) is 1.38. The molecule has 0 fully saturated rings. The Balaban J connectivity index is 2.28. The van der Waals surface area contributed by atoms with Crippen LogP contribution in [0.2, 0.25) is 10.0 Å². The maximum atomic E-state index is 11.4. The normalized spacial score (nSPS) is 11.8. The molecule has 0 bridgehead atoms. The van der Waals surface area contributed by atoms with Gasteiger partial charge < -0.3 is 15.2 Å². The van der Waals surface area contributed by atoms with Gasteiger partial charge in [0.25, 0.3) is 0 Å². The summed E-state index contributed by atoms with van der Waals surface area (Å²) in [4.78, 5) is 22.0. The summed E-state index contributed by atoms with van der Waals surface area (Å²) in [6.07, 6.45) is 0.639. The van der Waals surface area contributed by atoms with Crippen LogP contribution in [0.25, 0.3) is 0 Å². The number of hydrogen-bond donors (Lipinski definition) is 2. The quantitative estimate of drug-likeness (QED) is 0.758. The van der Waals surface area contributed by atoms with E-state index in [9.17, 15) is 9.59 Å². The van der Waals surface area contributed by atoms with Crippen LogP contribution >= 0.6 is 23.2 Å². The summed E-state index contributed by atoms with van der Waals surface area (Å²) in [5.41, 5.74) is 0. The van der Waals surface area contributed by atoms with Gasteiger partial charge in [-0.1, -0.05) is 23.2 Å². The number of ether oxygens (including phenoxy) is 1. The molecule has 0 aliphatic carbocycles. The van der Waals surface area contributed by atoms with E-state index in [1.807, 2.05) is 0 Å². The number of aliphatic carboxylic acids is 1. The molecule has 0 saturated carbocycles. The van der Waals surface area contributed by atoms with E-state index >= 15 is 0 Å². The van der Waals surface area contributed by atoms with Crippen molar-refractivity contribution in [1.29, 1.82) is 0 Å². The van der Waals surface area contributed by atoms with Gasteiger partial charge in [-0.2, -0.15) is 0 Å². The molecule has 1 rings (SSSR count). The molecule has 1 amide bonds. The topological polar surface area (TPSA) is 75.6 Å². The van der Waals surface area contributed by atoms with Gasteiger partial charge in [0.15, 0.2) is 0 Å². The van der Waals surface area contributed by atoms with Gasteiger partial charge in [0.2, 0.25) is 5.91 Å². The van der Waals surface area contributed by atoms with Crippen molar-refractivity contribution in [3.05, 3.63) is 28.2 Å². The number of carboxylic acids is 1. The van der Waals surface area contributed by atoms with Gasteiger partial charge in [-0.05, 0) is 31.5 Å². The number of halogens is 2. The first-order chi connectivity index (χ1) is 9.40. The predicted octanol–water partition coefficient (Wildman–Crippen LogP) is 2.74. The molecule has 0 radical (unpaired) electrons. The highest BCUT2D eigenvalue weighted by Crippen LogP contribution is 2.27. The van der Waals surface area contributed by atoms with Crippen LogP contribution in [-0.2, 0) is 9.59 Å². The Morgan fingerprint density at radius 1 is 1.40 bits per heavy atom. The van der Waals surface area contributed by atoms with Gasteiger partial charge in [-0.25, -0.2) is 0 Å². The molecule has 1 atom stereocenters. The molecule has 7 heteroatoms. The first-order valence-electron chi connectivity index (χ1n) is 6.00. The van der Waals surface area contributed by atoms with E-state index in [0.29, 0.717) is 28.8 Å². The Labute approximate surface area is 126 Å². The average Bonchev–Trinajstić information content (AvgIpc) is 2.36. The third-order valence-electron chi connectivity index (χ3n) is 2.45. The highest BCUT2D eigenvalue weighted by molar-refractivity contribution is 6.35. The van der Waals surface area contributed by atoms with E-state index in [1.165, 1.54) is 6.92 Å². The zero-order valence-corrected chi connectivity index (χ0v) is 12.4. The van der Waals surface area contributed by atoms with Crippen LogP contribution in [0.3, 0.4) is 0 Å². The molecule has 0 unspecified atom stereocenters. The number of nitrogens with one attached hydrogen (secondary N) is 1. The van der Waals surface area contributed by atoms with Crippen LogP contribution in [-0.4, -0.2) is 29.6 Å². The summed E-state index contributed by atoms with van der Waals surface area (Å²) in [6, 6.07) is 3.98. The SMILES string of the molecule is C[C@@H](NC(=O)CCCOc1ccc(Cl)cc1Cl)C(=O)O. The zero-order chi connectivity index (χ0) is 15.1. The van der Waals surface area contributed by atoms with Gasteiger partial charge >= 0.3 is 5.97 Å². The lowest BCUT2D eigenvalue weighted by molar-refractivity contribution is -0.141. The number of rotatable bonds is 7. The summed E-state index contributed by atoms with van der Waals surface area (Å²) in [7, 11) is 0. The lowest BCUT2D eigenvalue weighted by Gasteiger charge is -2.10. The van der Waals surface area contributed by atoms with Crippen molar-refractivity contribution in [2.45, 2.75) is 25.8 Å². The number of carboxylic acid groups (broad SMARTS) is 1. The van der Waals surface area contributed by atoms with Crippen molar-refractivity contribution in [2.24, 2.45) is 0 Å². The predicted molar refractivity (Wildman–Crippen MR) is 76.4 cm³/mol. The van der Waals surface area contributed by atoms with Crippen LogP contribution < -0.4 is 10.1 Å². The summed E-state index contributed by atoms with van der Waals surface area (Å²) >= 11 is 11.7. The van der Waals surface area contributed by atoms with Crippen molar-refractivity contribution < 1.29 is 19.4 Å². The van der Waals surface area contributed by atoms with Gasteiger partial charge in [0.05, 0.1) is 11.6 Å². The Bertz CT molecular complexity index is 493. The molecule has 0 heterocycles. The lowest BCUT2D eigenvalue weighted by atomic mass is 10.2. The van der Waals surface area contributed by atoms with Gasteiger partial charge in [0.1, 0.15) is 11.8 Å². The Morgan fingerprint density at radius 2 is 2.10 bits per heavy atom. The van der Waals surface area contributed by atoms with E-state index in [0.717, 1.165) is 0 Å². The third-order valence-corrected chi connectivity index (χ3v) is 2.98. The molecule has 0 aromatic heterocycles. The third kappa shape index (κ3) is 5.67. The number of amides is 1. The summed E-state index contributed by atoms with van der Waals surface area (Å²) < 4.78 is 5.41. The first-order valence-corrected chi connectivity index (χ1v) is 6.75. The lowest BCUT2D eigenvalue weighted by Crippen LogP contribution is -2.38. The van der Waals surface area contributed by atoms with Gasteiger partial charge in [-0.15, -0.1) is 0 Å². The molecular formula is C13H15Cl2NO4. The molecule has 1 aromatic carbocycles. The largest absolute Gasteiger partial charge is 0.492 e. The Hall–Kier alpha value is -1.46. The fraction of sp³-hybridized carbons (Fsp3) is 0.385. The number of benzene rings is 1. The van der Waals surface area contributed by atoms with Crippen molar-refractivity contribution in [2.75, 3.05) is 6.61 Å². The first kappa shape index (κ1) is 16.6. The minimum Gasteiger partial charge on any atom is -0.492 e. The molecule has 110 valence electrons. The van der Waals surface area contributed by atoms with Crippen molar-refractivity contribution in [3.63, 3.8) is 0 Å². The van der Waals surface area contributed by atoms with Crippen LogP contribution in [0, 0.1) is 0 Å². The van der Waals surface area contributed by atoms with E-state index < -0.39 is 12.0 Å². The molecule has 0 aliphatic heterocycles. The fourth-order valence-corrected chi connectivity index (χ4v) is 1.85. The van der Waals surface area contributed by atoms with Crippen molar-refractivity contribution >= 4 is 35.1 Å². The average molecular weight is 320 g/mol. The minimum absolute atomic E-state index is 0.183. The Morgan fingerprint density at radius 3 is 2.70 bits per heavy atom. The molecule has 20 heavy (non-hydrogen) atoms. The van der Waals surface area contributed by atoms with E-state index in [2.05, 4.69) is 5.32 Å². The van der Waals surface area contributed by atoms with Crippen LogP contribution in [0.15, 0.2) is 18.2 Å². The van der Waals surface area contributed by atoms with E-state index in [-0.39, 0.29) is 12.3 Å². The second-order valence-corrected chi connectivity index (χ2v) is 5.00. The number of carbonyl (C=O) groups excluding carboxylic acids is 1. The molecular weight excluding hydrogens is 305 g/mol. The number of carbonyl (C=O) groups is 2. The molecule has 1 aromatic rings. The second kappa shape index (κ2) is 7.97. The van der Waals surface area contributed by atoms with Crippen LogP contribution in [0.1, 0.15) is 19.8 Å². The molecule has 0 saturated heterocycles. The van der Waals surface area contributed by atoms with Crippen LogP contribution in [0.4, 0.5) is 0 Å². The summed E-state index contributed by atoms with van der Waals surface area (Å²) in [6.45, 7) is 1.71. The monoisotopic (exact) mass is 319 g/mol. The maximum absolute atomic E-state index is 11.4. The molecule has 0 aliphatic rings. The molecule has 5 nitrogen and oxygen atoms in total. The molecule has 0 spiro atoms. The maximum Gasteiger partial charge on any atom is 0.325 e. The smallest absolute Gasteiger partial charge is 0.325 e. The standard InChI is InChI=1S/C13H15Cl2NO4/c1-8(13(18)19)16-12(17)3-2-6-20-11-5-4-9(14)7-10(11)15/h4-5,7-8H,2-3,6H2,1H3,(H,16,17)(H,18,19)/t8-/m1/s1. The van der Waals surface area contributed by atoms with Gasteiger partial charge in [0, 0.05) is 11.4 Å². The van der Waals surface area contributed by atoms with E-state index in [4.69, 9.17) is 33.0 Å². The van der Waals surface area contributed by atoms with E-state index in [1.54, 1.807) is 18.2 Å². The van der Waals surface area contributed by atoms with Crippen molar-refractivity contribution in [3.8, 4) is 5.75 Å². The van der Waals surface area contributed by atoms with Gasteiger partial charge in [-0.3, -0.25) is 9.59 Å². The zero-order valence-electron chi connectivity index (χ0n) is 10.9. The second-order valence-electron chi connectivity index (χ2n) is 4.15. The summed E-state index contributed by atoms with van der Waals surface area (Å²) in [5.74, 6) is -0.899.